The Bertz CT molecular complexity index is 1220. The number of H-pyrrole nitrogens is 1. The van der Waals surface area contributed by atoms with Crippen LogP contribution in [0.1, 0.15) is 23.6 Å². The summed E-state index contributed by atoms with van der Waals surface area (Å²) in [6.07, 6.45) is 0. The molecule has 8 heteroatoms. The van der Waals surface area contributed by atoms with Gasteiger partial charge in [0.15, 0.2) is 0 Å². The van der Waals surface area contributed by atoms with Crippen LogP contribution in [0.5, 0.6) is 0 Å². The second-order valence-electron chi connectivity index (χ2n) is 6.52. The van der Waals surface area contributed by atoms with Crippen LogP contribution in [-0.2, 0) is 6.54 Å². The second-order valence-corrected chi connectivity index (χ2v) is 8.01. The maximum Gasteiger partial charge on any atom is 0.340 e. The van der Waals surface area contributed by atoms with Gasteiger partial charge in [-0.15, -0.1) is 0 Å². The van der Waals surface area contributed by atoms with E-state index in [4.69, 9.17) is 11.6 Å². The van der Waals surface area contributed by atoms with Gasteiger partial charge < -0.3 is 0 Å². The molecule has 0 aliphatic rings. The molecule has 0 amide bonds. The fraction of sp³-hybridized carbons (Fsp3) is 0.250. The van der Waals surface area contributed by atoms with E-state index in [2.05, 4.69) is 4.98 Å². The first-order valence-electron chi connectivity index (χ1n) is 8.74. The molecule has 1 aromatic heterocycles. The smallest absolute Gasteiger partial charge is 0.258 e. The minimum Gasteiger partial charge on any atom is -0.258 e. The normalized spacial score (nSPS) is 11.0. The summed E-state index contributed by atoms with van der Waals surface area (Å²) in [7, 11) is 0. The van der Waals surface area contributed by atoms with Crippen molar-refractivity contribution in [1.82, 2.24) is 14.1 Å². The Kier molecular flexibility index (Phi) is 5.67. The minimum absolute atomic E-state index is 0.175. The molecule has 0 unspecified atom stereocenters. The largest absolute Gasteiger partial charge is 0.340 e. The van der Waals surface area contributed by atoms with Gasteiger partial charge in [-0.2, -0.15) is 0 Å². The molecule has 0 aliphatic heterocycles. The summed E-state index contributed by atoms with van der Waals surface area (Å²) in [6.45, 7) is 7.72. The van der Waals surface area contributed by atoms with E-state index in [0.717, 1.165) is 35.6 Å². The highest BCUT2D eigenvalue weighted by atomic mass is 35.5. The summed E-state index contributed by atoms with van der Waals surface area (Å²) >= 11 is 7.72. The molecule has 0 saturated heterocycles. The van der Waals surface area contributed by atoms with Gasteiger partial charge in [0.25, 0.3) is 0 Å². The highest BCUT2D eigenvalue weighted by Crippen LogP contribution is 2.36. The Labute approximate surface area is 170 Å². The average molecular weight is 418 g/mol. The summed E-state index contributed by atoms with van der Waals surface area (Å²) in [5, 5.41) is 0.667. The summed E-state index contributed by atoms with van der Waals surface area (Å²) < 4.78 is 1.98. The van der Waals surface area contributed by atoms with Gasteiger partial charge in [-0.25, -0.2) is 23.5 Å². The van der Waals surface area contributed by atoms with Gasteiger partial charge in [0.1, 0.15) is 0 Å². The zero-order valence-electron chi connectivity index (χ0n) is 16.0. The first kappa shape index (κ1) is 20.2. The third kappa shape index (κ3) is 3.72. The van der Waals surface area contributed by atoms with E-state index in [1.807, 2.05) is 39.0 Å². The molecular formula is C20H20ClN3O3S. The highest BCUT2D eigenvalue weighted by molar-refractivity contribution is 7.99. The molecule has 0 spiro atoms. The van der Waals surface area contributed by atoms with Crippen molar-refractivity contribution in [2.75, 3.05) is 0 Å². The minimum atomic E-state index is -0.746. The van der Waals surface area contributed by atoms with Crippen molar-refractivity contribution < 1.29 is 0 Å². The first-order chi connectivity index (χ1) is 13.2. The number of aromatic amines is 1. The van der Waals surface area contributed by atoms with Crippen LogP contribution in [0, 0.1) is 20.8 Å². The topological polar surface area (TPSA) is 76.9 Å². The lowest BCUT2D eigenvalue weighted by atomic mass is 10.1. The van der Waals surface area contributed by atoms with Gasteiger partial charge >= 0.3 is 17.1 Å². The molecule has 0 bridgehead atoms. The summed E-state index contributed by atoms with van der Waals surface area (Å²) in [5.41, 5.74) is 1.27. The zero-order chi connectivity index (χ0) is 20.6. The zero-order valence-corrected chi connectivity index (χ0v) is 17.6. The lowest BCUT2D eigenvalue weighted by molar-refractivity contribution is 0.599. The van der Waals surface area contributed by atoms with Crippen molar-refractivity contribution in [3.63, 3.8) is 0 Å². The standard InChI is InChI=1S/C20H20ClN3O3S/c1-5-23-18(25)22-19(26)24(20(23)27)15-8-12(3)17(13(4)9-15)28-16-10-14(21)7-6-11(16)2/h6-10H,5H2,1-4H3,(H,22,25,26). The van der Waals surface area contributed by atoms with Crippen molar-refractivity contribution in [3.8, 4) is 5.69 Å². The van der Waals surface area contributed by atoms with Gasteiger partial charge in [0.2, 0.25) is 0 Å². The molecular weight excluding hydrogens is 398 g/mol. The number of hydrogen-bond donors (Lipinski definition) is 1. The molecule has 0 atom stereocenters. The number of aromatic nitrogens is 3. The molecule has 146 valence electrons. The van der Waals surface area contributed by atoms with Crippen molar-refractivity contribution >= 4 is 23.4 Å². The number of nitrogens with one attached hydrogen (secondary N) is 1. The Morgan fingerprint density at radius 1 is 0.964 bits per heavy atom. The van der Waals surface area contributed by atoms with E-state index in [1.54, 1.807) is 30.8 Å². The lowest BCUT2D eigenvalue weighted by Gasteiger charge is -2.15. The van der Waals surface area contributed by atoms with Crippen LogP contribution in [0.25, 0.3) is 5.69 Å². The van der Waals surface area contributed by atoms with Crippen LogP contribution in [0.2, 0.25) is 5.02 Å². The van der Waals surface area contributed by atoms with Crippen LogP contribution in [0.15, 0.2) is 54.5 Å². The number of benzene rings is 2. The summed E-state index contributed by atoms with van der Waals surface area (Å²) in [5.74, 6) is 0. The Balaban J connectivity index is 2.14. The third-order valence-corrected chi connectivity index (χ3v) is 6.21. The van der Waals surface area contributed by atoms with E-state index >= 15 is 0 Å². The molecule has 0 fully saturated rings. The van der Waals surface area contributed by atoms with Crippen LogP contribution in [-0.4, -0.2) is 14.1 Å². The Hall–Kier alpha value is -2.51. The van der Waals surface area contributed by atoms with E-state index in [9.17, 15) is 14.4 Å². The SMILES string of the molecule is CCn1c(=O)[nH]c(=O)n(-c2cc(C)c(Sc3cc(Cl)ccc3C)c(C)c2)c1=O. The monoisotopic (exact) mass is 417 g/mol. The van der Waals surface area contributed by atoms with Crippen molar-refractivity contribution in [2.45, 2.75) is 44.0 Å². The van der Waals surface area contributed by atoms with Gasteiger partial charge in [-0.05, 0) is 68.7 Å². The first-order valence-corrected chi connectivity index (χ1v) is 9.94. The Morgan fingerprint density at radius 2 is 1.61 bits per heavy atom. The predicted molar refractivity (Wildman–Crippen MR) is 112 cm³/mol. The highest BCUT2D eigenvalue weighted by Gasteiger charge is 2.14. The summed E-state index contributed by atoms with van der Waals surface area (Å²) in [6, 6.07) is 9.29. The number of halogens is 1. The van der Waals surface area contributed by atoms with Gasteiger partial charge in [-0.1, -0.05) is 29.4 Å². The third-order valence-electron chi connectivity index (χ3n) is 4.47. The van der Waals surface area contributed by atoms with E-state index in [0.29, 0.717) is 10.7 Å². The van der Waals surface area contributed by atoms with Crippen molar-refractivity contribution in [2.24, 2.45) is 0 Å². The van der Waals surface area contributed by atoms with E-state index in [1.165, 1.54) is 0 Å². The fourth-order valence-corrected chi connectivity index (χ4v) is 4.34. The van der Waals surface area contributed by atoms with Gasteiger partial charge in [0.05, 0.1) is 5.69 Å². The Morgan fingerprint density at radius 3 is 2.21 bits per heavy atom. The van der Waals surface area contributed by atoms with E-state index < -0.39 is 17.1 Å². The molecule has 0 saturated carbocycles. The second kappa shape index (κ2) is 7.85. The summed E-state index contributed by atoms with van der Waals surface area (Å²) in [4.78, 5) is 41.0. The van der Waals surface area contributed by atoms with E-state index in [-0.39, 0.29) is 6.54 Å². The quantitative estimate of drug-likeness (QED) is 0.705. The van der Waals surface area contributed by atoms with Crippen LogP contribution in [0.4, 0.5) is 0 Å². The fourth-order valence-electron chi connectivity index (χ4n) is 3.03. The number of hydrogen-bond acceptors (Lipinski definition) is 4. The van der Waals surface area contributed by atoms with Crippen LogP contribution >= 0.6 is 23.4 Å². The molecule has 6 nitrogen and oxygen atoms in total. The maximum absolute atomic E-state index is 12.6. The molecule has 28 heavy (non-hydrogen) atoms. The van der Waals surface area contributed by atoms with Crippen LogP contribution in [0.3, 0.4) is 0 Å². The van der Waals surface area contributed by atoms with Crippen LogP contribution < -0.4 is 17.1 Å². The number of rotatable bonds is 4. The molecule has 0 radical (unpaired) electrons. The van der Waals surface area contributed by atoms with Gasteiger partial charge in [0, 0.05) is 21.4 Å². The lowest BCUT2D eigenvalue weighted by Crippen LogP contribution is -2.48. The molecule has 3 aromatic rings. The molecule has 1 N–H and O–H groups in total. The average Bonchev–Trinajstić information content (AvgIpc) is 2.61. The molecule has 0 aliphatic carbocycles. The number of nitrogens with zero attached hydrogens (tertiary/aromatic N) is 2. The maximum atomic E-state index is 12.6. The molecule has 1 heterocycles. The molecule has 3 rings (SSSR count). The predicted octanol–water partition coefficient (Wildman–Crippen LogP) is 3.44. The number of aryl methyl sites for hydroxylation is 3. The molecule has 2 aromatic carbocycles. The van der Waals surface area contributed by atoms with Crippen molar-refractivity contribution in [1.29, 1.82) is 0 Å². The van der Waals surface area contributed by atoms with Crippen molar-refractivity contribution in [3.05, 3.63) is 83.5 Å². The van der Waals surface area contributed by atoms with Gasteiger partial charge in [-0.3, -0.25) is 4.98 Å².